The highest BCUT2D eigenvalue weighted by Gasteiger charge is 2.10. The number of ether oxygens (including phenoxy) is 1. The number of thioether (sulfide) groups is 1. The summed E-state index contributed by atoms with van der Waals surface area (Å²) in [5, 5.41) is 15.4. The van der Waals surface area contributed by atoms with Gasteiger partial charge in [0, 0.05) is 18.4 Å². The van der Waals surface area contributed by atoms with Gasteiger partial charge in [-0.25, -0.2) is 0 Å². The van der Waals surface area contributed by atoms with E-state index in [1.54, 1.807) is 16.4 Å². The van der Waals surface area contributed by atoms with Gasteiger partial charge in [0.15, 0.2) is 0 Å². The molecule has 0 saturated heterocycles. The van der Waals surface area contributed by atoms with Gasteiger partial charge in [-0.1, -0.05) is 30.0 Å². The second-order valence-electron chi connectivity index (χ2n) is 6.42. The number of aromatic nitrogens is 4. The molecule has 1 heterocycles. The number of anilines is 1. The van der Waals surface area contributed by atoms with E-state index in [0.717, 1.165) is 29.2 Å². The van der Waals surface area contributed by atoms with E-state index in [2.05, 4.69) is 46.0 Å². The number of hydrogen-bond donors (Lipinski definition) is 1. The fraction of sp³-hybridized carbons (Fsp3) is 0.300. The first-order valence-corrected chi connectivity index (χ1v) is 10.0. The van der Waals surface area contributed by atoms with E-state index in [-0.39, 0.29) is 5.91 Å². The molecule has 146 valence electrons. The zero-order valence-corrected chi connectivity index (χ0v) is 17.0. The van der Waals surface area contributed by atoms with Gasteiger partial charge < -0.3 is 10.1 Å². The van der Waals surface area contributed by atoms with Gasteiger partial charge in [-0.05, 0) is 66.1 Å². The molecule has 3 rings (SSSR count). The van der Waals surface area contributed by atoms with Crippen molar-refractivity contribution < 1.29 is 9.53 Å². The van der Waals surface area contributed by atoms with Crippen LogP contribution in [0, 0.1) is 13.8 Å². The molecule has 7 nitrogen and oxygen atoms in total. The molecule has 0 bridgehead atoms. The predicted octanol–water partition coefficient (Wildman–Crippen LogP) is 3.80. The number of aryl methyl sites for hydroxylation is 2. The summed E-state index contributed by atoms with van der Waals surface area (Å²) in [6, 6.07) is 13.6. The van der Waals surface area contributed by atoms with Crippen molar-refractivity contribution in [2.75, 3.05) is 17.7 Å². The van der Waals surface area contributed by atoms with Crippen LogP contribution in [0.3, 0.4) is 0 Å². The second kappa shape index (κ2) is 9.36. The molecule has 0 spiro atoms. The Morgan fingerprint density at radius 2 is 2.07 bits per heavy atom. The lowest BCUT2D eigenvalue weighted by atomic mass is 10.1. The molecule has 0 aliphatic rings. The highest BCUT2D eigenvalue weighted by Crippen LogP contribution is 2.22. The van der Waals surface area contributed by atoms with Gasteiger partial charge in [0.25, 0.3) is 0 Å². The monoisotopic (exact) mass is 397 g/mol. The van der Waals surface area contributed by atoms with Crippen LogP contribution >= 0.6 is 11.8 Å². The Morgan fingerprint density at radius 1 is 1.21 bits per heavy atom. The molecular formula is C20H23N5O2S. The highest BCUT2D eigenvalue weighted by molar-refractivity contribution is 7.99. The summed E-state index contributed by atoms with van der Waals surface area (Å²) in [5.41, 5.74) is 3.83. The van der Waals surface area contributed by atoms with Crippen molar-refractivity contribution in [3.05, 3.63) is 53.6 Å². The van der Waals surface area contributed by atoms with Crippen LogP contribution in [-0.4, -0.2) is 38.5 Å². The zero-order chi connectivity index (χ0) is 19.9. The first-order chi connectivity index (χ1) is 13.5. The molecule has 0 aliphatic heterocycles. The van der Waals surface area contributed by atoms with E-state index < -0.39 is 0 Å². The third kappa shape index (κ3) is 5.32. The number of benzene rings is 2. The molecule has 0 fully saturated rings. The topological polar surface area (TPSA) is 81.9 Å². The summed E-state index contributed by atoms with van der Waals surface area (Å²) < 4.78 is 7.56. The van der Waals surface area contributed by atoms with Crippen molar-refractivity contribution in [2.24, 2.45) is 0 Å². The van der Waals surface area contributed by atoms with Crippen LogP contribution < -0.4 is 10.1 Å². The van der Waals surface area contributed by atoms with Crippen molar-refractivity contribution in [3.8, 4) is 11.4 Å². The van der Waals surface area contributed by atoms with Gasteiger partial charge in [-0.15, -0.1) is 5.10 Å². The molecule has 1 amide bonds. The molecule has 1 N–H and O–H groups in total. The Bertz CT molecular complexity index is 957. The molecule has 3 aromatic rings. The Morgan fingerprint density at radius 3 is 2.89 bits per heavy atom. The van der Waals surface area contributed by atoms with E-state index in [9.17, 15) is 4.79 Å². The molecule has 0 unspecified atom stereocenters. The van der Waals surface area contributed by atoms with Crippen LogP contribution in [0.15, 0.2) is 47.6 Å². The molecule has 0 atom stereocenters. The van der Waals surface area contributed by atoms with Crippen LogP contribution in [0.1, 0.15) is 24.5 Å². The number of amides is 1. The van der Waals surface area contributed by atoms with Crippen LogP contribution in [0.4, 0.5) is 5.69 Å². The minimum atomic E-state index is -0.118. The number of hydrogen-bond acceptors (Lipinski definition) is 6. The number of nitrogens with one attached hydrogen (secondary N) is 1. The molecule has 2 aromatic carbocycles. The number of carbonyl (C=O) groups excluding carboxylic acids is 1. The van der Waals surface area contributed by atoms with Crippen molar-refractivity contribution >= 4 is 23.4 Å². The summed E-state index contributed by atoms with van der Waals surface area (Å²) >= 11 is 1.57. The van der Waals surface area contributed by atoms with E-state index >= 15 is 0 Å². The molecule has 0 saturated carbocycles. The lowest BCUT2D eigenvalue weighted by Crippen LogP contribution is -2.07. The molecular weight excluding hydrogens is 374 g/mol. The third-order valence-corrected chi connectivity index (χ3v) is 4.98. The Labute approximate surface area is 168 Å². The van der Waals surface area contributed by atoms with Gasteiger partial charge >= 0.3 is 0 Å². The predicted molar refractivity (Wildman–Crippen MR) is 110 cm³/mol. The fourth-order valence-corrected chi connectivity index (χ4v) is 3.42. The minimum absolute atomic E-state index is 0.118. The SMILES string of the molecule is CC(=O)Nc1cccc(-n2nnnc2SCCCOc2cc(C)ccc2C)c1. The summed E-state index contributed by atoms with van der Waals surface area (Å²) in [5.74, 6) is 1.65. The Balaban J connectivity index is 1.55. The lowest BCUT2D eigenvalue weighted by Gasteiger charge is -2.10. The quantitative estimate of drug-likeness (QED) is 0.460. The van der Waals surface area contributed by atoms with Gasteiger partial charge in [0.1, 0.15) is 5.75 Å². The maximum absolute atomic E-state index is 11.2. The summed E-state index contributed by atoms with van der Waals surface area (Å²) in [7, 11) is 0. The van der Waals surface area contributed by atoms with Gasteiger partial charge in [0.05, 0.1) is 12.3 Å². The molecule has 1 aromatic heterocycles. The Hall–Kier alpha value is -2.87. The average Bonchev–Trinajstić information content (AvgIpc) is 3.12. The van der Waals surface area contributed by atoms with Crippen molar-refractivity contribution in [2.45, 2.75) is 32.3 Å². The third-order valence-electron chi connectivity index (χ3n) is 3.97. The van der Waals surface area contributed by atoms with Crippen LogP contribution in [0.25, 0.3) is 5.69 Å². The van der Waals surface area contributed by atoms with Crippen LogP contribution in [0.5, 0.6) is 5.75 Å². The zero-order valence-electron chi connectivity index (χ0n) is 16.2. The van der Waals surface area contributed by atoms with Crippen LogP contribution in [0.2, 0.25) is 0 Å². The van der Waals surface area contributed by atoms with Crippen molar-refractivity contribution in [1.82, 2.24) is 20.2 Å². The number of nitrogens with zero attached hydrogens (tertiary/aromatic N) is 4. The molecule has 8 heteroatoms. The van der Waals surface area contributed by atoms with E-state index in [0.29, 0.717) is 17.5 Å². The maximum Gasteiger partial charge on any atom is 0.221 e. The normalized spacial score (nSPS) is 10.7. The largest absolute Gasteiger partial charge is 0.493 e. The van der Waals surface area contributed by atoms with E-state index in [1.807, 2.05) is 31.2 Å². The number of tetrazole rings is 1. The minimum Gasteiger partial charge on any atom is -0.493 e. The van der Waals surface area contributed by atoms with Gasteiger partial charge in [-0.3, -0.25) is 4.79 Å². The van der Waals surface area contributed by atoms with Gasteiger partial charge in [-0.2, -0.15) is 4.68 Å². The first-order valence-electron chi connectivity index (χ1n) is 9.02. The smallest absolute Gasteiger partial charge is 0.221 e. The summed E-state index contributed by atoms with van der Waals surface area (Å²) in [4.78, 5) is 11.2. The highest BCUT2D eigenvalue weighted by atomic mass is 32.2. The van der Waals surface area contributed by atoms with E-state index in [4.69, 9.17) is 4.74 Å². The molecule has 28 heavy (non-hydrogen) atoms. The molecule has 0 aliphatic carbocycles. The summed E-state index contributed by atoms with van der Waals surface area (Å²) in [6.07, 6.45) is 0.872. The fourth-order valence-electron chi connectivity index (χ4n) is 2.62. The Kier molecular flexibility index (Phi) is 6.65. The van der Waals surface area contributed by atoms with E-state index in [1.165, 1.54) is 12.5 Å². The molecule has 0 radical (unpaired) electrons. The number of carbonyl (C=O) groups is 1. The standard InChI is InChI=1S/C20H23N5O2S/c1-14-8-9-15(2)19(12-14)27-10-5-11-28-20-22-23-24-25(20)18-7-4-6-17(13-18)21-16(3)26/h4,6-9,12-13H,5,10-11H2,1-3H3,(H,21,26). The first kappa shape index (κ1) is 19.9. The van der Waals surface area contributed by atoms with Crippen molar-refractivity contribution in [1.29, 1.82) is 0 Å². The van der Waals surface area contributed by atoms with Crippen molar-refractivity contribution in [3.63, 3.8) is 0 Å². The average molecular weight is 398 g/mol. The maximum atomic E-state index is 11.2. The van der Waals surface area contributed by atoms with Crippen LogP contribution in [-0.2, 0) is 4.79 Å². The number of rotatable bonds is 8. The second-order valence-corrected chi connectivity index (χ2v) is 7.49. The van der Waals surface area contributed by atoms with Gasteiger partial charge in [0.2, 0.25) is 11.1 Å². The summed E-state index contributed by atoms with van der Waals surface area (Å²) in [6.45, 7) is 6.22. The lowest BCUT2D eigenvalue weighted by molar-refractivity contribution is -0.114.